The number of aromatic hydroxyl groups is 1. The Morgan fingerprint density at radius 1 is 1.26 bits per heavy atom. The zero-order valence-corrected chi connectivity index (χ0v) is 12.5. The van der Waals surface area contributed by atoms with Crippen molar-refractivity contribution < 1.29 is 29.0 Å². The molecule has 0 bridgehead atoms. The molecule has 2 rings (SSSR count). The van der Waals surface area contributed by atoms with Crippen LogP contribution in [0.2, 0.25) is 0 Å². The number of hydrogen-bond acceptors (Lipinski definition) is 5. The fourth-order valence-corrected chi connectivity index (χ4v) is 1.94. The number of carbonyl (C=O) groups excluding carboxylic acids is 1. The Balaban J connectivity index is 1.92. The highest BCUT2D eigenvalue weighted by Crippen LogP contribution is 2.26. The quantitative estimate of drug-likeness (QED) is 0.762. The summed E-state index contributed by atoms with van der Waals surface area (Å²) in [6.07, 6.45) is 3.58. The van der Waals surface area contributed by atoms with Gasteiger partial charge in [-0.3, -0.25) is 4.79 Å². The molecule has 1 heterocycles. The largest absolute Gasteiger partial charge is 0.504 e. The van der Waals surface area contributed by atoms with E-state index in [0.29, 0.717) is 17.9 Å². The number of aromatic carboxylic acids is 1. The van der Waals surface area contributed by atoms with Crippen LogP contribution in [0.1, 0.15) is 28.3 Å². The molecule has 0 amide bonds. The second kappa shape index (κ2) is 7.31. The molecule has 0 aliphatic heterocycles. The van der Waals surface area contributed by atoms with Crippen LogP contribution in [-0.2, 0) is 11.2 Å². The molecular formula is C17H16O6. The minimum Gasteiger partial charge on any atom is -0.504 e. The number of hydrogen-bond donors (Lipinski definition) is 2. The number of rotatable bonds is 7. The van der Waals surface area contributed by atoms with E-state index in [1.165, 1.54) is 25.3 Å². The van der Waals surface area contributed by atoms with Crippen LogP contribution in [-0.4, -0.2) is 29.1 Å². The lowest BCUT2D eigenvalue weighted by atomic mass is 10.1. The highest BCUT2D eigenvalue weighted by atomic mass is 16.5. The van der Waals surface area contributed by atoms with E-state index in [4.69, 9.17) is 14.3 Å². The fraction of sp³-hybridized carbons (Fsp3) is 0.176. The van der Waals surface area contributed by atoms with E-state index in [2.05, 4.69) is 0 Å². The monoisotopic (exact) mass is 316 g/mol. The van der Waals surface area contributed by atoms with E-state index >= 15 is 0 Å². The number of carboxylic acids is 1. The molecule has 0 spiro atoms. The number of carbonyl (C=O) groups is 2. The topological polar surface area (TPSA) is 97.0 Å². The van der Waals surface area contributed by atoms with Crippen molar-refractivity contribution in [3.8, 4) is 11.5 Å². The first kappa shape index (κ1) is 16.4. The molecule has 6 nitrogen and oxygen atoms in total. The van der Waals surface area contributed by atoms with Crippen molar-refractivity contribution in [3.05, 3.63) is 53.5 Å². The van der Waals surface area contributed by atoms with Crippen molar-refractivity contribution in [2.24, 2.45) is 0 Å². The van der Waals surface area contributed by atoms with Gasteiger partial charge in [0.15, 0.2) is 17.3 Å². The van der Waals surface area contributed by atoms with E-state index in [9.17, 15) is 14.7 Å². The summed E-state index contributed by atoms with van der Waals surface area (Å²) in [5.74, 6) is -0.580. The molecule has 0 aliphatic carbocycles. The summed E-state index contributed by atoms with van der Waals surface area (Å²) in [5.41, 5.74) is 0.721. The van der Waals surface area contributed by atoms with Crippen molar-refractivity contribution in [3.63, 3.8) is 0 Å². The molecule has 0 unspecified atom stereocenters. The van der Waals surface area contributed by atoms with Crippen molar-refractivity contribution in [1.29, 1.82) is 0 Å². The average molecular weight is 316 g/mol. The fourth-order valence-electron chi connectivity index (χ4n) is 1.94. The first-order chi connectivity index (χ1) is 11.0. The maximum absolute atomic E-state index is 11.8. The van der Waals surface area contributed by atoms with Crippen molar-refractivity contribution in [2.75, 3.05) is 7.11 Å². The van der Waals surface area contributed by atoms with E-state index in [1.54, 1.807) is 24.3 Å². The third-order valence-electron chi connectivity index (χ3n) is 3.16. The molecule has 6 heteroatoms. The van der Waals surface area contributed by atoms with E-state index < -0.39 is 5.97 Å². The molecule has 2 N–H and O–H groups in total. The van der Waals surface area contributed by atoms with Gasteiger partial charge >= 0.3 is 5.97 Å². The number of benzene rings is 1. The molecular weight excluding hydrogens is 300 g/mol. The maximum atomic E-state index is 11.8. The molecule has 120 valence electrons. The van der Waals surface area contributed by atoms with Gasteiger partial charge in [-0.2, -0.15) is 0 Å². The number of phenolic OH excluding ortho intramolecular Hbond substituents is 1. The van der Waals surface area contributed by atoms with E-state index in [-0.39, 0.29) is 23.7 Å². The number of methoxy groups -OCH3 is 1. The molecule has 0 saturated heterocycles. The lowest BCUT2D eigenvalue weighted by Crippen LogP contribution is -1.96. The van der Waals surface area contributed by atoms with Crippen LogP contribution in [0.4, 0.5) is 0 Å². The minimum atomic E-state index is -1.14. The Hall–Kier alpha value is -3.02. The predicted octanol–water partition coefficient (Wildman–Crippen LogP) is 2.91. The number of furan rings is 1. The number of ketones is 1. The number of phenols is 1. The molecule has 0 aliphatic rings. The first-order valence-electron chi connectivity index (χ1n) is 6.89. The van der Waals surface area contributed by atoms with Crippen LogP contribution in [0, 0.1) is 0 Å². The molecule has 0 fully saturated rings. The lowest BCUT2D eigenvalue weighted by Gasteiger charge is -2.03. The number of ether oxygens (including phenoxy) is 1. The average Bonchev–Trinajstić information content (AvgIpc) is 3.01. The van der Waals surface area contributed by atoms with Gasteiger partial charge in [-0.25, -0.2) is 4.79 Å². The minimum absolute atomic E-state index is 0.0306. The van der Waals surface area contributed by atoms with Gasteiger partial charge in [0.05, 0.1) is 7.11 Å². The highest BCUT2D eigenvalue weighted by molar-refractivity contribution is 5.93. The van der Waals surface area contributed by atoms with Crippen LogP contribution >= 0.6 is 0 Å². The standard InChI is InChI=1S/C17H16O6/c1-22-16-10-11(3-8-14(16)19)2-4-12(18)5-6-13-7-9-15(23-13)17(20)21/h2-4,7-10,19H,5-6H2,1H3,(H,20,21). The molecule has 0 saturated carbocycles. The van der Waals surface area contributed by atoms with Crippen molar-refractivity contribution >= 4 is 17.8 Å². The maximum Gasteiger partial charge on any atom is 0.371 e. The number of aryl methyl sites for hydroxylation is 1. The second-order valence-electron chi connectivity index (χ2n) is 4.80. The summed E-state index contributed by atoms with van der Waals surface area (Å²) >= 11 is 0. The summed E-state index contributed by atoms with van der Waals surface area (Å²) in [6.45, 7) is 0. The number of carboxylic acid groups (broad SMARTS) is 1. The molecule has 0 atom stereocenters. The van der Waals surface area contributed by atoms with Crippen LogP contribution in [0.5, 0.6) is 11.5 Å². The van der Waals surface area contributed by atoms with Gasteiger partial charge in [0, 0.05) is 12.8 Å². The van der Waals surface area contributed by atoms with Gasteiger partial charge in [-0.05, 0) is 35.9 Å². The zero-order valence-electron chi connectivity index (χ0n) is 12.5. The molecule has 0 radical (unpaired) electrons. The van der Waals surface area contributed by atoms with Gasteiger partial charge < -0.3 is 19.4 Å². The summed E-state index contributed by atoms with van der Waals surface area (Å²) < 4.78 is 10.1. The van der Waals surface area contributed by atoms with Gasteiger partial charge in [-0.15, -0.1) is 0 Å². The Labute approximate surface area is 132 Å². The van der Waals surface area contributed by atoms with Crippen molar-refractivity contribution in [1.82, 2.24) is 0 Å². The Kier molecular flexibility index (Phi) is 5.19. The third-order valence-corrected chi connectivity index (χ3v) is 3.16. The number of allylic oxidation sites excluding steroid dienone is 1. The highest BCUT2D eigenvalue weighted by Gasteiger charge is 2.09. The van der Waals surface area contributed by atoms with Crippen LogP contribution < -0.4 is 4.74 Å². The summed E-state index contributed by atoms with van der Waals surface area (Å²) in [5, 5.41) is 18.2. The summed E-state index contributed by atoms with van der Waals surface area (Å²) in [7, 11) is 1.45. The summed E-state index contributed by atoms with van der Waals surface area (Å²) in [4.78, 5) is 22.5. The normalized spacial score (nSPS) is 10.8. The Morgan fingerprint density at radius 3 is 2.70 bits per heavy atom. The molecule has 23 heavy (non-hydrogen) atoms. The Bertz CT molecular complexity index is 741. The van der Waals surface area contributed by atoms with Gasteiger partial charge in [0.1, 0.15) is 5.76 Å². The van der Waals surface area contributed by atoms with Crippen LogP contribution in [0.3, 0.4) is 0 Å². The van der Waals surface area contributed by atoms with E-state index in [0.717, 1.165) is 5.56 Å². The summed E-state index contributed by atoms with van der Waals surface area (Å²) in [6, 6.07) is 7.67. The Morgan fingerprint density at radius 2 is 2.04 bits per heavy atom. The molecule has 1 aromatic heterocycles. The smallest absolute Gasteiger partial charge is 0.371 e. The lowest BCUT2D eigenvalue weighted by molar-refractivity contribution is -0.114. The second-order valence-corrected chi connectivity index (χ2v) is 4.80. The van der Waals surface area contributed by atoms with Crippen LogP contribution in [0.15, 0.2) is 40.8 Å². The van der Waals surface area contributed by atoms with E-state index in [1.807, 2.05) is 0 Å². The van der Waals surface area contributed by atoms with Gasteiger partial charge in [0.2, 0.25) is 5.76 Å². The van der Waals surface area contributed by atoms with Crippen LogP contribution in [0.25, 0.3) is 6.08 Å². The molecule has 2 aromatic rings. The van der Waals surface area contributed by atoms with Gasteiger partial charge in [-0.1, -0.05) is 12.1 Å². The predicted molar refractivity (Wildman–Crippen MR) is 82.7 cm³/mol. The SMILES string of the molecule is COc1cc(C=CC(=O)CCc2ccc(C(=O)O)o2)ccc1O. The van der Waals surface area contributed by atoms with Gasteiger partial charge in [0.25, 0.3) is 0 Å². The third kappa shape index (κ3) is 4.47. The molecule has 1 aromatic carbocycles. The first-order valence-corrected chi connectivity index (χ1v) is 6.89. The zero-order chi connectivity index (χ0) is 16.8. The van der Waals surface area contributed by atoms with Crippen molar-refractivity contribution in [2.45, 2.75) is 12.8 Å².